The van der Waals surface area contributed by atoms with E-state index in [2.05, 4.69) is 10.2 Å². The average Bonchev–Trinajstić information content (AvgIpc) is 3.29. The maximum atomic E-state index is 13.4. The molecular weight excluding hydrogens is 432 g/mol. The molecule has 1 saturated carbocycles. The first-order valence-electron chi connectivity index (χ1n) is 11.0. The van der Waals surface area contributed by atoms with Gasteiger partial charge in [-0.15, -0.1) is 10.2 Å². The number of hydrogen-bond acceptors (Lipinski definition) is 6. The molecule has 1 amide bonds. The van der Waals surface area contributed by atoms with Gasteiger partial charge in [0.05, 0.1) is 17.3 Å². The van der Waals surface area contributed by atoms with Crippen molar-refractivity contribution in [1.82, 2.24) is 19.7 Å². The highest BCUT2D eigenvalue weighted by Crippen LogP contribution is 2.30. The van der Waals surface area contributed by atoms with Gasteiger partial charge in [0.15, 0.2) is 15.0 Å². The Kier molecular flexibility index (Phi) is 6.71. The smallest absolute Gasteiger partial charge is 0.233 e. The van der Waals surface area contributed by atoms with E-state index in [1.807, 2.05) is 47.6 Å². The lowest BCUT2D eigenvalue weighted by atomic mass is 9.93. The van der Waals surface area contributed by atoms with Gasteiger partial charge in [-0.2, -0.15) is 0 Å². The molecule has 9 heteroatoms. The van der Waals surface area contributed by atoms with E-state index in [0.29, 0.717) is 11.6 Å². The summed E-state index contributed by atoms with van der Waals surface area (Å²) in [6, 6.07) is 8.08. The van der Waals surface area contributed by atoms with Gasteiger partial charge in [-0.25, -0.2) is 8.42 Å². The van der Waals surface area contributed by atoms with Crippen molar-refractivity contribution < 1.29 is 13.2 Å². The lowest BCUT2D eigenvalue weighted by molar-refractivity contribution is -0.133. The van der Waals surface area contributed by atoms with Gasteiger partial charge < -0.3 is 4.90 Å². The summed E-state index contributed by atoms with van der Waals surface area (Å²) in [4.78, 5) is 15.3. The van der Waals surface area contributed by atoms with Crippen LogP contribution in [0.5, 0.6) is 0 Å². The molecule has 1 aromatic carbocycles. The molecule has 0 unspecified atom stereocenters. The number of carbonyl (C=O) groups is 1. The van der Waals surface area contributed by atoms with Gasteiger partial charge in [0.25, 0.3) is 0 Å². The van der Waals surface area contributed by atoms with E-state index >= 15 is 0 Å². The van der Waals surface area contributed by atoms with Crippen molar-refractivity contribution in [1.29, 1.82) is 0 Å². The monoisotopic (exact) mass is 462 g/mol. The third-order valence-corrected chi connectivity index (χ3v) is 8.93. The Bertz CT molecular complexity index is 1030. The molecule has 4 rings (SSSR count). The van der Waals surface area contributed by atoms with Crippen LogP contribution in [0.1, 0.15) is 49.9 Å². The minimum atomic E-state index is -3.05. The van der Waals surface area contributed by atoms with Crippen molar-refractivity contribution >= 4 is 27.5 Å². The van der Waals surface area contributed by atoms with E-state index in [4.69, 9.17) is 0 Å². The first-order chi connectivity index (χ1) is 14.8. The Morgan fingerprint density at radius 3 is 2.42 bits per heavy atom. The Labute approximate surface area is 188 Å². The van der Waals surface area contributed by atoms with Crippen LogP contribution in [0.25, 0.3) is 5.69 Å². The minimum Gasteiger partial charge on any atom is -0.335 e. The molecule has 0 radical (unpaired) electrons. The number of amides is 1. The van der Waals surface area contributed by atoms with Gasteiger partial charge in [0, 0.05) is 17.8 Å². The lowest BCUT2D eigenvalue weighted by Crippen LogP contribution is -2.49. The van der Waals surface area contributed by atoms with Crippen LogP contribution >= 0.6 is 11.8 Å². The molecule has 1 atom stereocenters. The topological polar surface area (TPSA) is 85.2 Å². The van der Waals surface area contributed by atoms with Crippen LogP contribution in [0.4, 0.5) is 0 Å². The Morgan fingerprint density at radius 2 is 1.77 bits per heavy atom. The highest BCUT2D eigenvalue weighted by Gasteiger charge is 2.38. The molecule has 7 nitrogen and oxygen atoms in total. The standard InChI is InChI=1S/C22H30N4O3S2/c1-16-8-10-19(11-9-16)25-17(2)23-24-22(25)30-14-21(27)26(18-6-4-3-5-7-18)20-12-13-31(28,29)15-20/h8-11,18,20H,3-7,12-15H2,1-2H3/t20-/m0/s1. The van der Waals surface area contributed by atoms with Crippen molar-refractivity contribution in [3.63, 3.8) is 0 Å². The highest BCUT2D eigenvalue weighted by atomic mass is 32.2. The van der Waals surface area contributed by atoms with E-state index in [0.717, 1.165) is 37.2 Å². The van der Waals surface area contributed by atoms with E-state index in [-0.39, 0.29) is 35.2 Å². The summed E-state index contributed by atoms with van der Waals surface area (Å²) in [6.07, 6.45) is 5.87. The molecule has 31 heavy (non-hydrogen) atoms. The molecule has 2 heterocycles. The molecular formula is C22H30N4O3S2. The molecule has 168 valence electrons. The van der Waals surface area contributed by atoms with Crippen LogP contribution in [-0.2, 0) is 14.6 Å². The molecule has 2 fully saturated rings. The number of hydrogen-bond donors (Lipinski definition) is 0. The highest BCUT2D eigenvalue weighted by molar-refractivity contribution is 7.99. The predicted octanol–water partition coefficient (Wildman–Crippen LogP) is 3.32. The predicted molar refractivity (Wildman–Crippen MR) is 122 cm³/mol. The van der Waals surface area contributed by atoms with Gasteiger partial charge in [0.1, 0.15) is 5.82 Å². The van der Waals surface area contributed by atoms with Crippen LogP contribution < -0.4 is 0 Å². The van der Waals surface area contributed by atoms with Crippen LogP contribution in [0.3, 0.4) is 0 Å². The average molecular weight is 463 g/mol. The van der Waals surface area contributed by atoms with Crippen molar-refractivity contribution in [3.8, 4) is 5.69 Å². The summed E-state index contributed by atoms with van der Waals surface area (Å²) < 4.78 is 26.1. The molecule has 0 bridgehead atoms. The number of nitrogens with zero attached hydrogens (tertiary/aromatic N) is 4. The molecule has 1 saturated heterocycles. The number of carbonyl (C=O) groups excluding carboxylic acids is 1. The fourth-order valence-corrected chi connectivity index (χ4v) is 7.27. The second kappa shape index (κ2) is 9.32. The SMILES string of the molecule is Cc1ccc(-n2c(C)nnc2SCC(=O)N(C2CCCCC2)[C@H]2CCS(=O)(=O)C2)cc1. The van der Waals surface area contributed by atoms with E-state index in [1.54, 1.807) is 0 Å². The van der Waals surface area contributed by atoms with E-state index in [1.165, 1.54) is 23.7 Å². The quantitative estimate of drug-likeness (QED) is 0.612. The maximum absolute atomic E-state index is 13.4. The van der Waals surface area contributed by atoms with Crippen molar-refractivity contribution in [2.75, 3.05) is 17.3 Å². The second-order valence-electron chi connectivity index (χ2n) is 8.64. The number of aryl methyl sites for hydroxylation is 2. The maximum Gasteiger partial charge on any atom is 0.233 e. The molecule has 0 spiro atoms. The van der Waals surface area contributed by atoms with Crippen molar-refractivity contribution in [2.45, 2.75) is 69.6 Å². The summed E-state index contributed by atoms with van der Waals surface area (Å²) in [5.41, 5.74) is 2.14. The van der Waals surface area contributed by atoms with Gasteiger partial charge in [-0.1, -0.05) is 48.7 Å². The first kappa shape index (κ1) is 22.3. The van der Waals surface area contributed by atoms with Crippen molar-refractivity contribution in [3.05, 3.63) is 35.7 Å². The Hall–Kier alpha value is -1.87. The third-order valence-electron chi connectivity index (χ3n) is 6.27. The zero-order valence-electron chi connectivity index (χ0n) is 18.2. The summed E-state index contributed by atoms with van der Waals surface area (Å²) in [5.74, 6) is 1.29. The fraction of sp³-hybridized carbons (Fsp3) is 0.591. The Balaban J connectivity index is 1.51. The van der Waals surface area contributed by atoms with Gasteiger partial charge in [0.2, 0.25) is 5.91 Å². The molecule has 2 aliphatic rings. The molecule has 1 aliphatic heterocycles. The normalized spacial score (nSPS) is 21.3. The number of rotatable bonds is 6. The van der Waals surface area contributed by atoms with Crippen LogP contribution in [-0.4, -0.2) is 63.3 Å². The summed E-state index contributed by atoms with van der Waals surface area (Å²) in [7, 11) is -3.05. The molecule has 0 N–H and O–H groups in total. The number of thioether (sulfide) groups is 1. The third kappa shape index (κ3) is 5.14. The van der Waals surface area contributed by atoms with E-state index in [9.17, 15) is 13.2 Å². The van der Waals surface area contributed by atoms with Gasteiger partial charge in [-0.3, -0.25) is 9.36 Å². The summed E-state index contributed by atoms with van der Waals surface area (Å²) in [5, 5.41) is 9.18. The van der Waals surface area contributed by atoms with Gasteiger partial charge in [-0.05, 0) is 45.2 Å². The Morgan fingerprint density at radius 1 is 1.06 bits per heavy atom. The number of aromatic nitrogens is 3. The first-order valence-corrected chi connectivity index (χ1v) is 13.8. The van der Waals surface area contributed by atoms with Crippen LogP contribution in [0, 0.1) is 13.8 Å². The van der Waals surface area contributed by atoms with Crippen LogP contribution in [0.2, 0.25) is 0 Å². The van der Waals surface area contributed by atoms with Gasteiger partial charge >= 0.3 is 0 Å². The lowest BCUT2D eigenvalue weighted by Gasteiger charge is -2.38. The zero-order valence-corrected chi connectivity index (χ0v) is 19.8. The van der Waals surface area contributed by atoms with Crippen molar-refractivity contribution in [2.24, 2.45) is 0 Å². The molecule has 2 aromatic rings. The second-order valence-corrected chi connectivity index (χ2v) is 11.8. The number of sulfone groups is 1. The summed E-state index contributed by atoms with van der Waals surface area (Å²) >= 11 is 1.37. The summed E-state index contributed by atoms with van der Waals surface area (Å²) in [6.45, 7) is 3.94. The number of benzene rings is 1. The minimum absolute atomic E-state index is 0.00936. The fourth-order valence-electron chi connectivity index (χ4n) is 4.69. The molecule has 1 aromatic heterocycles. The molecule has 1 aliphatic carbocycles. The largest absolute Gasteiger partial charge is 0.335 e. The zero-order chi connectivity index (χ0) is 22.0. The van der Waals surface area contributed by atoms with E-state index < -0.39 is 9.84 Å². The van der Waals surface area contributed by atoms with Crippen LogP contribution in [0.15, 0.2) is 29.4 Å².